The van der Waals surface area contributed by atoms with E-state index in [4.69, 9.17) is 4.74 Å². The van der Waals surface area contributed by atoms with Crippen molar-refractivity contribution < 1.29 is 32.9 Å². The van der Waals surface area contributed by atoms with Crippen LogP contribution >= 0.6 is 0 Å². The number of esters is 1. The highest BCUT2D eigenvalue weighted by Gasteiger charge is 2.64. The number of carbonyl (C=O) groups is 1. The molecule has 1 heterocycles. The van der Waals surface area contributed by atoms with Gasteiger partial charge in [0.15, 0.2) is 5.60 Å². The summed E-state index contributed by atoms with van der Waals surface area (Å²) in [6, 6.07) is 0. The van der Waals surface area contributed by atoms with Gasteiger partial charge in [-0.2, -0.15) is 13.2 Å². The van der Waals surface area contributed by atoms with Crippen LogP contribution in [0.2, 0.25) is 0 Å². The van der Waals surface area contributed by atoms with E-state index in [2.05, 4.69) is 0 Å². The van der Waals surface area contributed by atoms with Crippen LogP contribution in [0, 0.1) is 23.2 Å². The summed E-state index contributed by atoms with van der Waals surface area (Å²) in [5.74, 6) is -1.82. The van der Waals surface area contributed by atoms with Gasteiger partial charge >= 0.3 is 12.1 Å². The number of hydrogen-bond donors (Lipinski definition) is 2. The van der Waals surface area contributed by atoms with Crippen molar-refractivity contribution in [2.45, 2.75) is 64.3 Å². The summed E-state index contributed by atoms with van der Waals surface area (Å²) in [6.07, 6.45) is -1.09. The molecule has 2 N–H and O–H groups in total. The molecule has 1 saturated heterocycles. The monoisotopic (exact) mass is 388 g/mol. The second kappa shape index (κ2) is 6.62. The van der Waals surface area contributed by atoms with Gasteiger partial charge in [0.2, 0.25) is 0 Å². The summed E-state index contributed by atoms with van der Waals surface area (Å²) in [7, 11) is 0. The van der Waals surface area contributed by atoms with Crippen molar-refractivity contribution in [3.63, 3.8) is 0 Å². The molecule has 6 atom stereocenters. The van der Waals surface area contributed by atoms with E-state index in [1.165, 1.54) is 6.92 Å². The van der Waals surface area contributed by atoms with Crippen molar-refractivity contribution in [3.05, 3.63) is 23.3 Å². The number of alkyl halides is 3. The molecule has 2 aliphatic carbocycles. The van der Waals surface area contributed by atoms with Gasteiger partial charge in [-0.05, 0) is 55.8 Å². The van der Waals surface area contributed by atoms with E-state index < -0.39 is 35.2 Å². The average Bonchev–Trinajstić information content (AvgIpc) is 2.89. The SMILES string of the molecule is CC1=CC[C@@H]2[C@@H](C)[C@](O)(C(F)(F)F)CC[C@@]2(C)[C@@H]1CC=C1C(=O)OCC1O. The number of aliphatic hydroxyl groups excluding tert-OH is 1. The van der Waals surface area contributed by atoms with Crippen LogP contribution in [0.5, 0.6) is 0 Å². The first-order chi connectivity index (χ1) is 12.4. The van der Waals surface area contributed by atoms with Crippen LogP contribution in [0.15, 0.2) is 23.3 Å². The molecule has 1 aliphatic heterocycles. The lowest BCUT2D eigenvalue weighted by molar-refractivity contribution is -0.304. The van der Waals surface area contributed by atoms with E-state index in [1.807, 2.05) is 19.9 Å². The number of carbonyl (C=O) groups excluding carboxylic acids is 1. The predicted octanol–water partition coefficient (Wildman–Crippen LogP) is 3.53. The molecule has 0 aromatic rings. The quantitative estimate of drug-likeness (QED) is 0.431. The standard InChI is InChI=1S/C20H27F3O4/c1-11-4-6-15-12(2)19(26,20(21,22)23)9-8-18(15,3)14(11)7-5-13-16(24)10-27-17(13)25/h4-5,12,14-16,24,26H,6-10H2,1-3H3/t12-,14-,15-,16?,18+,19+/m1/s1. The summed E-state index contributed by atoms with van der Waals surface area (Å²) >= 11 is 0. The molecule has 0 aromatic carbocycles. The zero-order valence-corrected chi connectivity index (χ0v) is 15.8. The van der Waals surface area contributed by atoms with Gasteiger partial charge in [-0.3, -0.25) is 0 Å². The molecule has 2 fully saturated rings. The molecule has 1 saturated carbocycles. The van der Waals surface area contributed by atoms with Crippen molar-refractivity contribution in [3.8, 4) is 0 Å². The highest BCUT2D eigenvalue weighted by molar-refractivity contribution is 5.91. The molecule has 3 aliphatic rings. The van der Waals surface area contributed by atoms with E-state index >= 15 is 0 Å². The first kappa shape index (κ1) is 20.4. The lowest BCUT2D eigenvalue weighted by Gasteiger charge is -2.57. The number of ether oxygens (including phenoxy) is 1. The van der Waals surface area contributed by atoms with Gasteiger partial charge in [0, 0.05) is 0 Å². The van der Waals surface area contributed by atoms with Gasteiger partial charge in [0.05, 0.1) is 5.57 Å². The fourth-order valence-electron chi connectivity index (χ4n) is 5.44. The van der Waals surface area contributed by atoms with Crippen molar-refractivity contribution in [1.82, 2.24) is 0 Å². The fourth-order valence-corrected chi connectivity index (χ4v) is 5.44. The Hall–Kier alpha value is -1.34. The van der Waals surface area contributed by atoms with Crippen LogP contribution in [0.4, 0.5) is 13.2 Å². The van der Waals surface area contributed by atoms with Crippen molar-refractivity contribution in [2.24, 2.45) is 23.2 Å². The van der Waals surface area contributed by atoms with E-state index in [0.29, 0.717) is 12.8 Å². The van der Waals surface area contributed by atoms with Crippen LogP contribution in [0.25, 0.3) is 0 Å². The maximum atomic E-state index is 13.5. The Bertz CT molecular complexity index is 683. The number of allylic oxidation sites excluding steroid dienone is 3. The largest absolute Gasteiger partial charge is 0.459 e. The molecule has 3 rings (SSSR count). The minimum atomic E-state index is -4.65. The summed E-state index contributed by atoms with van der Waals surface area (Å²) in [5.41, 5.74) is -1.77. The molecule has 7 heteroatoms. The maximum absolute atomic E-state index is 13.5. The lowest BCUT2D eigenvalue weighted by Crippen LogP contribution is -2.60. The molecule has 0 bridgehead atoms. The third-order valence-corrected chi connectivity index (χ3v) is 7.32. The smallest absolute Gasteiger partial charge is 0.417 e. The number of hydrogen-bond acceptors (Lipinski definition) is 4. The number of halogens is 3. The van der Waals surface area contributed by atoms with Gasteiger partial charge in [0.1, 0.15) is 12.7 Å². The van der Waals surface area contributed by atoms with E-state index in [0.717, 1.165) is 5.57 Å². The Kier molecular flexibility index (Phi) is 5.00. The predicted molar refractivity (Wildman–Crippen MR) is 92.5 cm³/mol. The van der Waals surface area contributed by atoms with Gasteiger partial charge in [-0.1, -0.05) is 31.6 Å². The molecule has 1 unspecified atom stereocenters. The molecule has 0 radical (unpaired) electrons. The van der Waals surface area contributed by atoms with Gasteiger partial charge in [-0.25, -0.2) is 4.79 Å². The van der Waals surface area contributed by atoms with Crippen molar-refractivity contribution in [2.75, 3.05) is 6.61 Å². The van der Waals surface area contributed by atoms with Crippen LogP contribution in [0.3, 0.4) is 0 Å². The molecule has 0 amide bonds. The molecular formula is C20H27F3O4. The Morgan fingerprint density at radius 1 is 1.37 bits per heavy atom. The zero-order chi connectivity index (χ0) is 20.2. The minimum Gasteiger partial charge on any atom is -0.459 e. The number of cyclic esters (lactones) is 1. The summed E-state index contributed by atoms with van der Waals surface area (Å²) in [5, 5.41) is 20.3. The second-order valence-electron chi connectivity index (χ2n) is 8.57. The van der Waals surface area contributed by atoms with Crippen LogP contribution < -0.4 is 0 Å². The van der Waals surface area contributed by atoms with E-state index in [-0.39, 0.29) is 36.9 Å². The Morgan fingerprint density at radius 3 is 2.59 bits per heavy atom. The topological polar surface area (TPSA) is 66.8 Å². The summed E-state index contributed by atoms with van der Waals surface area (Å²) in [4.78, 5) is 11.7. The highest BCUT2D eigenvalue weighted by atomic mass is 19.4. The zero-order valence-electron chi connectivity index (χ0n) is 15.8. The second-order valence-corrected chi connectivity index (χ2v) is 8.57. The van der Waals surface area contributed by atoms with Gasteiger partial charge < -0.3 is 14.9 Å². The van der Waals surface area contributed by atoms with Crippen LogP contribution in [-0.2, 0) is 9.53 Å². The van der Waals surface area contributed by atoms with Crippen LogP contribution in [0.1, 0.15) is 46.5 Å². The van der Waals surface area contributed by atoms with Crippen LogP contribution in [-0.4, -0.2) is 40.7 Å². The summed E-state index contributed by atoms with van der Waals surface area (Å²) in [6.45, 7) is 5.40. The molecular weight excluding hydrogens is 361 g/mol. The van der Waals surface area contributed by atoms with E-state index in [1.54, 1.807) is 6.08 Å². The van der Waals surface area contributed by atoms with E-state index in [9.17, 15) is 28.2 Å². The third-order valence-electron chi connectivity index (χ3n) is 7.32. The number of rotatable bonds is 2. The van der Waals surface area contributed by atoms with Gasteiger partial charge in [0.25, 0.3) is 0 Å². The average molecular weight is 388 g/mol. The van der Waals surface area contributed by atoms with Crippen molar-refractivity contribution >= 4 is 5.97 Å². The molecule has 4 nitrogen and oxygen atoms in total. The normalized spacial score (nSPS) is 44.1. The molecule has 0 aromatic heterocycles. The number of aliphatic hydroxyl groups is 2. The third kappa shape index (κ3) is 3.12. The van der Waals surface area contributed by atoms with Crippen molar-refractivity contribution in [1.29, 1.82) is 0 Å². The Labute approximate surface area is 157 Å². The lowest BCUT2D eigenvalue weighted by atomic mass is 9.49. The first-order valence-corrected chi connectivity index (χ1v) is 9.43. The first-order valence-electron chi connectivity index (χ1n) is 9.43. The number of fused-ring (bicyclic) bond motifs is 1. The maximum Gasteiger partial charge on any atom is 0.417 e. The fraction of sp³-hybridized carbons (Fsp3) is 0.750. The summed E-state index contributed by atoms with van der Waals surface area (Å²) < 4.78 is 45.4. The minimum absolute atomic E-state index is 0.0513. The molecule has 27 heavy (non-hydrogen) atoms. The Morgan fingerprint density at radius 2 is 2.04 bits per heavy atom. The molecule has 0 spiro atoms. The Balaban J connectivity index is 1.89. The highest BCUT2D eigenvalue weighted by Crippen LogP contribution is 2.61. The van der Waals surface area contributed by atoms with Gasteiger partial charge in [-0.15, -0.1) is 0 Å². The molecule has 152 valence electrons.